The third-order valence-electron chi connectivity index (χ3n) is 4.59. The molecule has 1 aliphatic rings. The Hall–Kier alpha value is -3.73. The highest BCUT2D eigenvalue weighted by molar-refractivity contribution is 5.91. The monoisotopic (exact) mass is 492 g/mol. The lowest BCUT2D eigenvalue weighted by Gasteiger charge is -2.43. The molecule has 0 spiro atoms. The van der Waals surface area contributed by atoms with Gasteiger partial charge in [-0.1, -0.05) is 18.2 Å². The van der Waals surface area contributed by atoms with Crippen LogP contribution in [0.25, 0.3) is 6.08 Å². The molecular formula is C24H28O11. The normalized spacial score (nSPS) is 23.7. The fourth-order valence-corrected chi connectivity index (χ4v) is 3.29. The third-order valence-corrected chi connectivity index (χ3v) is 4.59. The number of benzene rings is 1. The summed E-state index contributed by atoms with van der Waals surface area (Å²) in [5.74, 6) is -2.62. The van der Waals surface area contributed by atoms with Crippen molar-refractivity contribution in [3.05, 3.63) is 35.9 Å². The van der Waals surface area contributed by atoms with Crippen molar-refractivity contribution in [1.82, 2.24) is 0 Å². The zero-order chi connectivity index (χ0) is 26.1. The predicted molar refractivity (Wildman–Crippen MR) is 119 cm³/mol. The standard InChI is InChI=1S/C24H28O11/c1-13(25)6-7-18-8-10-19(11-9-18)34-24-23(33-17(5)29)22(32-16(4)28)21(31-15(3)27)20(35-24)12-30-14(2)26/h6-11,20-24H,12H2,1-5H3. The van der Waals surface area contributed by atoms with Crippen LogP contribution in [0.15, 0.2) is 30.3 Å². The molecule has 0 aliphatic carbocycles. The van der Waals surface area contributed by atoms with Crippen molar-refractivity contribution in [2.24, 2.45) is 0 Å². The number of ketones is 1. The number of esters is 4. The molecule has 35 heavy (non-hydrogen) atoms. The Bertz CT molecular complexity index is 966. The molecule has 1 heterocycles. The molecule has 0 bridgehead atoms. The zero-order valence-electron chi connectivity index (χ0n) is 20.0. The lowest BCUT2D eigenvalue weighted by atomic mass is 9.98. The number of hydrogen-bond acceptors (Lipinski definition) is 11. The van der Waals surface area contributed by atoms with E-state index in [-0.39, 0.29) is 12.4 Å². The first kappa shape index (κ1) is 27.5. The minimum atomic E-state index is -1.33. The maximum Gasteiger partial charge on any atom is 0.303 e. The second-order valence-electron chi connectivity index (χ2n) is 7.70. The average molecular weight is 492 g/mol. The van der Waals surface area contributed by atoms with E-state index in [1.165, 1.54) is 19.9 Å². The molecule has 0 N–H and O–H groups in total. The summed E-state index contributed by atoms with van der Waals surface area (Å²) in [5, 5.41) is 0. The van der Waals surface area contributed by atoms with Gasteiger partial charge in [0.1, 0.15) is 18.5 Å². The van der Waals surface area contributed by atoms with Gasteiger partial charge in [-0.3, -0.25) is 24.0 Å². The number of carbonyl (C=O) groups excluding carboxylic acids is 5. The van der Waals surface area contributed by atoms with Gasteiger partial charge in [0.15, 0.2) is 18.0 Å². The molecule has 1 aliphatic heterocycles. The van der Waals surface area contributed by atoms with E-state index in [9.17, 15) is 24.0 Å². The number of hydrogen-bond donors (Lipinski definition) is 0. The maximum absolute atomic E-state index is 11.9. The number of carbonyl (C=O) groups is 5. The predicted octanol–water partition coefficient (Wildman–Crippen LogP) is 1.75. The lowest BCUT2D eigenvalue weighted by molar-refractivity contribution is -0.288. The van der Waals surface area contributed by atoms with Gasteiger partial charge in [0.25, 0.3) is 0 Å². The largest absolute Gasteiger partial charge is 0.463 e. The molecule has 1 aromatic rings. The summed E-state index contributed by atoms with van der Waals surface area (Å²) in [5.41, 5.74) is 0.731. The minimum absolute atomic E-state index is 0.108. The average Bonchev–Trinajstić information content (AvgIpc) is 2.75. The van der Waals surface area contributed by atoms with Gasteiger partial charge in [-0.25, -0.2) is 0 Å². The van der Waals surface area contributed by atoms with Crippen LogP contribution in [0.5, 0.6) is 5.75 Å². The van der Waals surface area contributed by atoms with Crippen LogP contribution >= 0.6 is 0 Å². The van der Waals surface area contributed by atoms with Crippen molar-refractivity contribution in [3.63, 3.8) is 0 Å². The van der Waals surface area contributed by atoms with Crippen LogP contribution in [-0.4, -0.2) is 67.0 Å². The van der Waals surface area contributed by atoms with E-state index in [4.69, 9.17) is 28.4 Å². The Kier molecular flexibility index (Phi) is 9.95. The minimum Gasteiger partial charge on any atom is -0.463 e. The summed E-state index contributed by atoms with van der Waals surface area (Å²) in [6, 6.07) is 6.54. The van der Waals surface area contributed by atoms with Crippen molar-refractivity contribution in [2.75, 3.05) is 6.61 Å². The van der Waals surface area contributed by atoms with Gasteiger partial charge in [0, 0.05) is 27.7 Å². The van der Waals surface area contributed by atoms with Crippen molar-refractivity contribution in [1.29, 1.82) is 0 Å². The Labute approximate surface area is 202 Å². The first-order valence-electron chi connectivity index (χ1n) is 10.7. The van der Waals surface area contributed by atoms with E-state index in [1.54, 1.807) is 30.3 Å². The number of allylic oxidation sites excluding steroid dienone is 1. The SMILES string of the molecule is CC(=O)C=Cc1ccc(OC2OC(COC(C)=O)C(OC(C)=O)C(OC(C)=O)C2OC(C)=O)cc1. The first-order valence-corrected chi connectivity index (χ1v) is 10.7. The fourth-order valence-electron chi connectivity index (χ4n) is 3.29. The molecule has 1 saturated heterocycles. The van der Waals surface area contributed by atoms with Crippen molar-refractivity contribution < 1.29 is 52.4 Å². The van der Waals surface area contributed by atoms with Gasteiger partial charge in [-0.2, -0.15) is 0 Å². The molecule has 0 amide bonds. The maximum atomic E-state index is 11.9. The van der Waals surface area contributed by atoms with Gasteiger partial charge in [-0.05, 0) is 30.7 Å². The van der Waals surface area contributed by atoms with Crippen LogP contribution in [0.1, 0.15) is 40.2 Å². The summed E-state index contributed by atoms with van der Waals surface area (Å²) >= 11 is 0. The van der Waals surface area contributed by atoms with E-state index >= 15 is 0 Å². The summed E-state index contributed by atoms with van der Waals surface area (Å²) in [4.78, 5) is 58.0. The number of ether oxygens (including phenoxy) is 6. The Morgan fingerprint density at radius 2 is 1.31 bits per heavy atom. The van der Waals surface area contributed by atoms with Gasteiger partial charge >= 0.3 is 23.9 Å². The second-order valence-corrected chi connectivity index (χ2v) is 7.70. The fraction of sp³-hybridized carbons (Fsp3) is 0.458. The van der Waals surface area contributed by atoms with Crippen molar-refractivity contribution >= 4 is 35.7 Å². The van der Waals surface area contributed by atoms with Crippen molar-refractivity contribution in [3.8, 4) is 5.75 Å². The summed E-state index contributed by atoms with van der Waals surface area (Å²) in [6.45, 7) is 5.67. The molecule has 190 valence electrons. The molecule has 11 heteroatoms. The van der Waals surface area contributed by atoms with E-state index < -0.39 is 54.6 Å². The lowest BCUT2D eigenvalue weighted by Crippen LogP contribution is -2.63. The van der Waals surface area contributed by atoms with Gasteiger partial charge in [0.2, 0.25) is 12.4 Å². The smallest absolute Gasteiger partial charge is 0.303 e. The third kappa shape index (κ3) is 8.85. The summed E-state index contributed by atoms with van der Waals surface area (Å²) < 4.78 is 32.8. The van der Waals surface area contributed by atoms with Crippen LogP contribution in [-0.2, 0) is 47.7 Å². The number of rotatable bonds is 9. The van der Waals surface area contributed by atoms with E-state index in [0.717, 1.165) is 26.3 Å². The van der Waals surface area contributed by atoms with Crippen LogP contribution in [0, 0.1) is 0 Å². The molecule has 1 fully saturated rings. The Morgan fingerprint density at radius 3 is 1.83 bits per heavy atom. The van der Waals surface area contributed by atoms with Crippen LogP contribution in [0.4, 0.5) is 0 Å². The molecule has 2 rings (SSSR count). The molecule has 0 saturated carbocycles. The topological polar surface area (TPSA) is 141 Å². The molecular weight excluding hydrogens is 464 g/mol. The van der Waals surface area contributed by atoms with E-state index in [0.29, 0.717) is 5.75 Å². The highest BCUT2D eigenvalue weighted by Gasteiger charge is 2.53. The Morgan fingerprint density at radius 1 is 0.771 bits per heavy atom. The van der Waals surface area contributed by atoms with Gasteiger partial charge in [-0.15, -0.1) is 0 Å². The summed E-state index contributed by atoms with van der Waals surface area (Å²) in [7, 11) is 0. The second kappa shape index (κ2) is 12.7. The molecule has 0 radical (unpaired) electrons. The van der Waals surface area contributed by atoms with E-state index in [2.05, 4.69) is 0 Å². The highest BCUT2D eigenvalue weighted by Crippen LogP contribution is 2.31. The van der Waals surface area contributed by atoms with Crippen LogP contribution in [0.3, 0.4) is 0 Å². The first-order chi connectivity index (χ1) is 16.5. The van der Waals surface area contributed by atoms with Gasteiger partial charge < -0.3 is 28.4 Å². The molecule has 5 atom stereocenters. The Balaban J connectivity index is 2.40. The molecule has 1 aromatic carbocycles. The van der Waals surface area contributed by atoms with Crippen LogP contribution < -0.4 is 4.74 Å². The van der Waals surface area contributed by atoms with Crippen molar-refractivity contribution in [2.45, 2.75) is 65.3 Å². The molecule has 0 aromatic heterocycles. The molecule has 11 nitrogen and oxygen atoms in total. The quantitative estimate of drug-likeness (QED) is 0.283. The van der Waals surface area contributed by atoms with E-state index in [1.807, 2.05) is 0 Å². The highest BCUT2D eigenvalue weighted by atomic mass is 16.7. The van der Waals surface area contributed by atoms with Crippen LogP contribution in [0.2, 0.25) is 0 Å². The van der Waals surface area contributed by atoms with Gasteiger partial charge in [0.05, 0.1) is 0 Å². The summed E-state index contributed by atoms with van der Waals surface area (Å²) in [6.07, 6.45) is -3.31. The zero-order valence-corrected chi connectivity index (χ0v) is 20.0. The molecule has 5 unspecified atom stereocenters.